The maximum Gasteiger partial charge on any atom is 0.311 e. The molecule has 0 aliphatic rings. The molecule has 0 bridgehead atoms. The average molecular weight is 439 g/mol. The van der Waals surface area contributed by atoms with Gasteiger partial charge in [0.25, 0.3) is 15.9 Å². The number of carbonyl (C=O) groups excluding carboxylic acids is 1. The summed E-state index contributed by atoms with van der Waals surface area (Å²) in [5.41, 5.74) is 0.902. The van der Waals surface area contributed by atoms with Crippen molar-refractivity contribution in [2.24, 2.45) is 0 Å². The summed E-state index contributed by atoms with van der Waals surface area (Å²) in [5.74, 6) is -0.960. The molecular weight excluding hydrogens is 425 g/mol. The molecule has 31 heavy (non-hydrogen) atoms. The van der Waals surface area contributed by atoms with E-state index in [2.05, 4.69) is 25.0 Å². The van der Waals surface area contributed by atoms with Crippen molar-refractivity contribution in [2.75, 3.05) is 10.0 Å². The van der Waals surface area contributed by atoms with Gasteiger partial charge in [0.1, 0.15) is 5.82 Å². The molecule has 0 aliphatic carbocycles. The van der Waals surface area contributed by atoms with Crippen LogP contribution in [0.1, 0.15) is 10.7 Å². The number of hydrogen-bond donors (Lipinski definition) is 2. The second-order valence-electron chi connectivity index (χ2n) is 6.19. The fraction of sp³-hybridized carbons (Fsp3) is 0. The summed E-state index contributed by atoms with van der Waals surface area (Å²) in [6, 6.07) is 12.6. The van der Waals surface area contributed by atoms with Gasteiger partial charge in [0.15, 0.2) is 5.76 Å². The molecule has 9 nitrogen and oxygen atoms in total. The minimum absolute atomic E-state index is 0.0346. The smallest absolute Gasteiger partial charge is 0.311 e. The first-order valence-electron chi connectivity index (χ1n) is 8.84. The van der Waals surface area contributed by atoms with Gasteiger partial charge in [-0.25, -0.2) is 32.5 Å². The summed E-state index contributed by atoms with van der Waals surface area (Å²) in [5, 5.41) is 2.57. The first-order valence-corrected chi connectivity index (χ1v) is 10.3. The molecule has 0 spiro atoms. The van der Waals surface area contributed by atoms with Crippen LogP contribution in [-0.4, -0.2) is 29.3 Å². The number of halogens is 1. The predicted octanol–water partition coefficient (Wildman–Crippen LogP) is 3.32. The third kappa shape index (κ3) is 4.73. The number of oxazole rings is 1. The Balaban J connectivity index is 1.44. The van der Waals surface area contributed by atoms with Gasteiger partial charge in [0.2, 0.25) is 5.95 Å². The number of nitrogens with zero attached hydrogens (tertiary/aromatic N) is 3. The highest BCUT2D eigenvalue weighted by Crippen LogP contribution is 2.22. The van der Waals surface area contributed by atoms with Gasteiger partial charge in [-0.05, 0) is 54.6 Å². The van der Waals surface area contributed by atoms with Gasteiger partial charge in [0.05, 0.1) is 11.1 Å². The number of hydrogen-bond acceptors (Lipinski definition) is 7. The first kappa shape index (κ1) is 20.2. The van der Waals surface area contributed by atoms with Crippen molar-refractivity contribution in [3.05, 3.63) is 84.9 Å². The maximum atomic E-state index is 13.0. The quantitative estimate of drug-likeness (QED) is 0.472. The minimum Gasteiger partial charge on any atom is -0.432 e. The normalized spacial score (nSPS) is 11.1. The molecule has 2 heterocycles. The second kappa shape index (κ2) is 8.32. The largest absolute Gasteiger partial charge is 0.432 e. The molecule has 4 rings (SSSR count). The molecule has 2 N–H and O–H groups in total. The maximum absolute atomic E-state index is 13.0. The number of benzene rings is 2. The molecule has 4 aromatic rings. The molecule has 11 heteroatoms. The highest BCUT2D eigenvalue weighted by Gasteiger charge is 2.17. The number of amides is 1. The minimum atomic E-state index is -3.89. The van der Waals surface area contributed by atoms with Gasteiger partial charge in [0, 0.05) is 23.6 Å². The lowest BCUT2D eigenvalue weighted by atomic mass is 10.2. The van der Waals surface area contributed by atoms with Crippen LogP contribution >= 0.6 is 0 Å². The van der Waals surface area contributed by atoms with Crippen LogP contribution in [0, 0.1) is 5.82 Å². The van der Waals surface area contributed by atoms with Crippen LogP contribution in [0.5, 0.6) is 0 Å². The van der Waals surface area contributed by atoms with Crippen LogP contribution in [0.4, 0.5) is 16.0 Å². The van der Waals surface area contributed by atoms with Crippen LogP contribution in [0.25, 0.3) is 11.3 Å². The molecule has 156 valence electrons. The van der Waals surface area contributed by atoms with Crippen LogP contribution < -0.4 is 10.0 Å². The molecule has 0 radical (unpaired) electrons. The van der Waals surface area contributed by atoms with Crippen molar-refractivity contribution in [1.29, 1.82) is 0 Å². The van der Waals surface area contributed by atoms with Gasteiger partial charge in [-0.3, -0.25) is 4.79 Å². The van der Waals surface area contributed by atoms with E-state index in [0.29, 0.717) is 17.0 Å². The molecule has 1 amide bonds. The summed E-state index contributed by atoms with van der Waals surface area (Å²) in [6.07, 6.45) is 4.18. The molecule has 2 aromatic heterocycles. The third-order valence-corrected chi connectivity index (χ3v) is 5.39. The predicted molar refractivity (Wildman–Crippen MR) is 109 cm³/mol. The van der Waals surface area contributed by atoms with E-state index >= 15 is 0 Å². The molecule has 0 saturated heterocycles. The van der Waals surface area contributed by atoms with Crippen molar-refractivity contribution < 1.29 is 22.0 Å². The number of anilines is 2. The Morgan fingerprint density at radius 1 is 0.935 bits per heavy atom. The summed E-state index contributed by atoms with van der Waals surface area (Å²) in [7, 11) is -3.89. The van der Waals surface area contributed by atoms with Crippen LogP contribution in [0.2, 0.25) is 0 Å². The van der Waals surface area contributed by atoms with Crippen molar-refractivity contribution in [3.8, 4) is 11.3 Å². The monoisotopic (exact) mass is 439 g/mol. The number of carbonyl (C=O) groups is 1. The van der Waals surface area contributed by atoms with E-state index in [-0.39, 0.29) is 16.7 Å². The molecular formula is C20H14FN5O4S. The fourth-order valence-corrected chi connectivity index (χ4v) is 3.52. The third-order valence-electron chi connectivity index (χ3n) is 4.04. The standard InChI is InChI=1S/C20H14FN5O4S/c21-14-4-2-13(3-5-14)17-12-24-19(30-17)18(27)25-15-6-8-16(9-7-15)31(28,29)26-20-22-10-1-11-23-20/h1-12H,(H,25,27)(H,22,23,26). The Hall–Kier alpha value is -4.12. The van der Waals surface area contributed by atoms with Gasteiger partial charge < -0.3 is 9.73 Å². The molecule has 2 aromatic carbocycles. The fourth-order valence-electron chi connectivity index (χ4n) is 2.56. The Labute approximate surface area is 176 Å². The molecule has 0 aliphatic heterocycles. The van der Waals surface area contributed by atoms with Gasteiger partial charge >= 0.3 is 5.91 Å². The molecule has 0 fully saturated rings. The summed E-state index contributed by atoms with van der Waals surface area (Å²) < 4.78 is 45.5. The van der Waals surface area contributed by atoms with Crippen molar-refractivity contribution in [2.45, 2.75) is 4.90 Å². The van der Waals surface area contributed by atoms with E-state index in [0.717, 1.165) is 0 Å². The number of nitrogens with one attached hydrogen (secondary N) is 2. The zero-order chi connectivity index (χ0) is 21.8. The van der Waals surface area contributed by atoms with Crippen LogP contribution in [0.3, 0.4) is 0 Å². The second-order valence-corrected chi connectivity index (χ2v) is 7.88. The summed E-state index contributed by atoms with van der Waals surface area (Å²) in [6.45, 7) is 0. The molecule has 0 unspecified atom stereocenters. The van der Waals surface area contributed by atoms with Gasteiger partial charge in [-0.2, -0.15) is 0 Å². The lowest BCUT2D eigenvalue weighted by molar-refractivity contribution is 0.0991. The highest BCUT2D eigenvalue weighted by molar-refractivity contribution is 7.92. The van der Waals surface area contributed by atoms with E-state index < -0.39 is 21.7 Å². The lowest BCUT2D eigenvalue weighted by Gasteiger charge is -2.07. The number of aromatic nitrogens is 3. The first-order chi connectivity index (χ1) is 14.9. The van der Waals surface area contributed by atoms with E-state index in [4.69, 9.17) is 4.42 Å². The Kier molecular flexibility index (Phi) is 5.41. The van der Waals surface area contributed by atoms with Crippen LogP contribution in [0.15, 0.2) is 82.5 Å². The lowest BCUT2D eigenvalue weighted by Crippen LogP contribution is -2.15. The van der Waals surface area contributed by atoms with Gasteiger partial charge in [-0.15, -0.1) is 0 Å². The molecule has 0 atom stereocenters. The van der Waals surface area contributed by atoms with E-state index in [9.17, 15) is 17.6 Å². The zero-order valence-electron chi connectivity index (χ0n) is 15.7. The Bertz CT molecular complexity index is 1310. The van der Waals surface area contributed by atoms with E-state index in [1.165, 1.54) is 67.1 Å². The van der Waals surface area contributed by atoms with Crippen molar-refractivity contribution in [1.82, 2.24) is 15.0 Å². The van der Waals surface area contributed by atoms with Crippen molar-refractivity contribution in [3.63, 3.8) is 0 Å². The number of rotatable bonds is 6. The van der Waals surface area contributed by atoms with E-state index in [1.54, 1.807) is 6.07 Å². The number of sulfonamides is 1. The topological polar surface area (TPSA) is 127 Å². The Morgan fingerprint density at radius 2 is 1.61 bits per heavy atom. The molecule has 0 saturated carbocycles. The SMILES string of the molecule is O=C(Nc1ccc(S(=O)(=O)Nc2ncccn2)cc1)c1ncc(-c2ccc(F)cc2)o1. The van der Waals surface area contributed by atoms with Crippen molar-refractivity contribution >= 4 is 27.6 Å². The summed E-state index contributed by atoms with van der Waals surface area (Å²) in [4.78, 5) is 23.9. The summed E-state index contributed by atoms with van der Waals surface area (Å²) >= 11 is 0. The van der Waals surface area contributed by atoms with E-state index in [1.807, 2.05) is 0 Å². The average Bonchev–Trinajstić information content (AvgIpc) is 3.25. The van der Waals surface area contributed by atoms with Gasteiger partial charge in [-0.1, -0.05) is 0 Å². The van der Waals surface area contributed by atoms with Crippen LogP contribution in [-0.2, 0) is 10.0 Å². The highest BCUT2D eigenvalue weighted by atomic mass is 32.2. The zero-order valence-corrected chi connectivity index (χ0v) is 16.5. The Morgan fingerprint density at radius 3 is 2.29 bits per heavy atom.